The first-order valence-corrected chi connectivity index (χ1v) is 9.66. The molecular formula is C21H24O11. The van der Waals surface area contributed by atoms with E-state index in [0.29, 0.717) is 5.56 Å². The van der Waals surface area contributed by atoms with Crippen LogP contribution < -0.4 is 4.74 Å². The Bertz CT molecular complexity index is 944. The molecule has 2 aromatic rings. The number of ketones is 1. The molecule has 0 saturated carbocycles. The highest BCUT2D eigenvalue weighted by Gasteiger charge is 2.45. The fourth-order valence-corrected chi connectivity index (χ4v) is 3.28. The van der Waals surface area contributed by atoms with E-state index in [0.717, 1.165) is 12.1 Å². The number of ether oxygens (including phenoxy) is 2. The van der Waals surface area contributed by atoms with E-state index < -0.39 is 72.0 Å². The van der Waals surface area contributed by atoms with Gasteiger partial charge in [-0.3, -0.25) is 4.79 Å². The summed E-state index contributed by atoms with van der Waals surface area (Å²) in [6, 6.07) is 7.87. The largest absolute Gasteiger partial charge is 0.508 e. The zero-order chi connectivity index (χ0) is 23.6. The summed E-state index contributed by atoms with van der Waals surface area (Å²) >= 11 is 0. The van der Waals surface area contributed by atoms with E-state index in [2.05, 4.69) is 0 Å². The van der Waals surface area contributed by atoms with Crippen LogP contribution in [0.3, 0.4) is 0 Å². The third-order valence-corrected chi connectivity index (χ3v) is 5.13. The maximum absolute atomic E-state index is 12.7. The minimum atomic E-state index is -1.81. The number of aliphatic hydroxyl groups is 5. The summed E-state index contributed by atoms with van der Waals surface area (Å²) in [5.74, 6) is -3.03. The van der Waals surface area contributed by atoms with Crippen molar-refractivity contribution in [2.45, 2.75) is 43.2 Å². The second-order valence-corrected chi connectivity index (χ2v) is 7.38. The first-order valence-electron chi connectivity index (χ1n) is 9.66. The van der Waals surface area contributed by atoms with Crippen LogP contribution in [0.1, 0.15) is 15.9 Å². The van der Waals surface area contributed by atoms with E-state index in [1.165, 1.54) is 24.3 Å². The highest BCUT2D eigenvalue weighted by atomic mass is 16.7. The van der Waals surface area contributed by atoms with Gasteiger partial charge in [0.2, 0.25) is 12.0 Å². The van der Waals surface area contributed by atoms with Crippen LogP contribution in [0, 0.1) is 0 Å². The van der Waals surface area contributed by atoms with Crippen molar-refractivity contribution in [1.82, 2.24) is 0 Å². The van der Waals surface area contributed by atoms with Crippen LogP contribution in [-0.4, -0.2) is 90.1 Å². The van der Waals surface area contributed by atoms with Gasteiger partial charge in [0.25, 0.3) is 0 Å². The summed E-state index contributed by atoms with van der Waals surface area (Å²) in [7, 11) is 0. The van der Waals surface area contributed by atoms with Gasteiger partial charge in [-0.15, -0.1) is 0 Å². The standard InChI is InChI=1S/C21H24O11/c22-8-14-17(28)18(29)19(30)21(31-14)32-20-12(24)6-5-11(16(20)27)15(26)13(25)7-9-1-3-10(23)4-2-9/h1-6,13-14,17-19,21-25,27-30H,7-8H2/t13-,14-,17+,18+,19+,21+/m0/s1. The van der Waals surface area contributed by atoms with Gasteiger partial charge < -0.3 is 50.3 Å². The van der Waals surface area contributed by atoms with Gasteiger partial charge in [0.05, 0.1) is 12.2 Å². The number of aliphatic hydroxyl groups excluding tert-OH is 5. The van der Waals surface area contributed by atoms with Crippen LogP contribution in [0.5, 0.6) is 23.0 Å². The Morgan fingerprint density at radius 1 is 0.969 bits per heavy atom. The highest BCUT2D eigenvalue weighted by Crippen LogP contribution is 2.41. The van der Waals surface area contributed by atoms with Crippen LogP contribution in [-0.2, 0) is 11.2 Å². The summed E-state index contributed by atoms with van der Waals surface area (Å²) in [5, 5.41) is 79.2. The zero-order valence-corrected chi connectivity index (χ0v) is 16.6. The number of carbonyl (C=O) groups excluding carboxylic acids is 1. The zero-order valence-electron chi connectivity index (χ0n) is 16.6. The number of hydrogen-bond acceptors (Lipinski definition) is 11. The summed E-state index contributed by atoms with van der Waals surface area (Å²) in [5.41, 5.74) is 0.147. The van der Waals surface area contributed by atoms with E-state index in [4.69, 9.17) is 9.47 Å². The molecule has 174 valence electrons. The van der Waals surface area contributed by atoms with Crippen LogP contribution in [0.25, 0.3) is 0 Å². The van der Waals surface area contributed by atoms with Gasteiger partial charge in [0.15, 0.2) is 17.3 Å². The molecule has 0 amide bonds. The first-order chi connectivity index (χ1) is 15.1. The number of carbonyl (C=O) groups is 1. The van der Waals surface area contributed by atoms with Crippen molar-refractivity contribution in [3.63, 3.8) is 0 Å². The Labute approximate surface area is 182 Å². The monoisotopic (exact) mass is 452 g/mol. The van der Waals surface area contributed by atoms with Crippen molar-refractivity contribution in [3.05, 3.63) is 47.5 Å². The van der Waals surface area contributed by atoms with Gasteiger partial charge in [-0.1, -0.05) is 12.1 Å². The lowest BCUT2D eigenvalue weighted by Crippen LogP contribution is -2.60. The fraction of sp³-hybridized carbons (Fsp3) is 0.381. The molecule has 0 spiro atoms. The molecule has 1 heterocycles. The number of Topliss-reactive ketones (excluding diaryl/α,β-unsaturated/α-hetero) is 1. The summed E-state index contributed by atoms with van der Waals surface area (Å²) in [6.45, 7) is -0.718. The maximum Gasteiger partial charge on any atom is 0.229 e. The van der Waals surface area contributed by atoms with E-state index in [1.54, 1.807) is 0 Å². The lowest BCUT2D eigenvalue weighted by atomic mass is 9.98. The second-order valence-electron chi connectivity index (χ2n) is 7.38. The Morgan fingerprint density at radius 2 is 1.62 bits per heavy atom. The summed E-state index contributed by atoms with van der Waals surface area (Å²) in [4.78, 5) is 12.7. The highest BCUT2D eigenvalue weighted by molar-refractivity contribution is 6.02. The van der Waals surface area contributed by atoms with E-state index in [-0.39, 0.29) is 12.2 Å². The first kappa shape index (κ1) is 23.7. The van der Waals surface area contributed by atoms with Gasteiger partial charge in [0, 0.05) is 6.42 Å². The molecule has 1 fully saturated rings. The van der Waals surface area contributed by atoms with Crippen LogP contribution >= 0.6 is 0 Å². The summed E-state index contributed by atoms with van der Waals surface area (Å²) < 4.78 is 10.4. The molecule has 0 radical (unpaired) electrons. The molecule has 0 unspecified atom stereocenters. The van der Waals surface area contributed by atoms with E-state index in [9.17, 15) is 45.6 Å². The number of rotatable bonds is 7. The minimum Gasteiger partial charge on any atom is -0.508 e. The molecule has 32 heavy (non-hydrogen) atoms. The van der Waals surface area contributed by atoms with Crippen molar-refractivity contribution < 1.29 is 55.1 Å². The smallest absolute Gasteiger partial charge is 0.229 e. The van der Waals surface area contributed by atoms with E-state index in [1.807, 2.05) is 0 Å². The van der Waals surface area contributed by atoms with Gasteiger partial charge in [0.1, 0.15) is 36.3 Å². The van der Waals surface area contributed by atoms with Crippen LogP contribution in [0.15, 0.2) is 36.4 Å². The quantitative estimate of drug-likeness (QED) is 0.234. The van der Waals surface area contributed by atoms with Crippen molar-refractivity contribution in [2.24, 2.45) is 0 Å². The van der Waals surface area contributed by atoms with Gasteiger partial charge in [-0.2, -0.15) is 0 Å². The summed E-state index contributed by atoms with van der Waals surface area (Å²) in [6.07, 6.45) is -9.91. The fourth-order valence-electron chi connectivity index (χ4n) is 3.28. The van der Waals surface area contributed by atoms with E-state index >= 15 is 0 Å². The van der Waals surface area contributed by atoms with Gasteiger partial charge in [-0.25, -0.2) is 0 Å². The van der Waals surface area contributed by atoms with Crippen molar-refractivity contribution in [1.29, 1.82) is 0 Å². The molecule has 11 nitrogen and oxygen atoms in total. The number of hydrogen-bond donors (Lipinski definition) is 8. The molecule has 6 atom stereocenters. The molecular weight excluding hydrogens is 428 g/mol. The molecule has 1 saturated heterocycles. The van der Waals surface area contributed by atoms with Crippen molar-refractivity contribution >= 4 is 5.78 Å². The van der Waals surface area contributed by atoms with Crippen LogP contribution in [0.2, 0.25) is 0 Å². The molecule has 1 aliphatic heterocycles. The second kappa shape index (κ2) is 9.69. The number of phenolic OH excluding ortho intramolecular Hbond substituents is 3. The molecule has 3 rings (SSSR count). The minimum absolute atomic E-state index is 0.0146. The molecule has 11 heteroatoms. The molecule has 0 aromatic heterocycles. The average molecular weight is 452 g/mol. The van der Waals surface area contributed by atoms with Crippen LogP contribution in [0.4, 0.5) is 0 Å². The third-order valence-electron chi connectivity index (χ3n) is 5.13. The Hall–Kier alpha value is -2.93. The van der Waals surface area contributed by atoms with Crippen molar-refractivity contribution in [3.8, 4) is 23.0 Å². The molecule has 2 aromatic carbocycles. The number of phenols is 3. The Kier molecular flexibility index (Phi) is 7.19. The average Bonchev–Trinajstić information content (AvgIpc) is 2.77. The predicted octanol–water partition coefficient (Wildman–Crippen LogP) is -1.23. The number of benzene rings is 2. The predicted molar refractivity (Wildman–Crippen MR) is 106 cm³/mol. The normalized spacial score (nSPS) is 26.5. The third kappa shape index (κ3) is 4.78. The molecule has 8 N–H and O–H groups in total. The Morgan fingerprint density at radius 3 is 2.25 bits per heavy atom. The lowest BCUT2D eigenvalue weighted by Gasteiger charge is -2.39. The molecule has 0 aliphatic carbocycles. The number of aromatic hydroxyl groups is 3. The van der Waals surface area contributed by atoms with Crippen molar-refractivity contribution in [2.75, 3.05) is 6.61 Å². The van der Waals surface area contributed by atoms with Gasteiger partial charge >= 0.3 is 0 Å². The van der Waals surface area contributed by atoms with Gasteiger partial charge in [-0.05, 0) is 29.8 Å². The molecule has 1 aliphatic rings. The lowest BCUT2D eigenvalue weighted by molar-refractivity contribution is -0.277. The topological polar surface area (TPSA) is 197 Å². The Balaban J connectivity index is 1.82. The maximum atomic E-state index is 12.7. The molecule has 0 bridgehead atoms. The SMILES string of the molecule is O=C(c1ccc(O)c(O[C@H]2O[C@@H](CO)[C@@H](O)[C@@H](O)[C@H]2O)c1O)[C@@H](O)Cc1ccc(O)cc1.